The Morgan fingerprint density at radius 2 is 2.00 bits per heavy atom. The molecule has 0 N–H and O–H groups in total. The minimum atomic E-state index is -0.191. The number of ketones is 1. The number of nitrogens with zero attached hydrogens (tertiary/aromatic N) is 2. The number of thioether (sulfide) groups is 1. The van der Waals surface area contributed by atoms with Crippen LogP contribution in [0, 0.1) is 0 Å². The Kier molecular flexibility index (Phi) is 4.37. The first-order chi connectivity index (χ1) is 10.1. The van der Waals surface area contributed by atoms with E-state index >= 15 is 0 Å². The van der Waals surface area contributed by atoms with Crippen LogP contribution in [0.1, 0.15) is 17.3 Å². The summed E-state index contributed by atoms with van der Waals surface area (Å²) in [7, 11) is 0. The molecule has 3 aromatic rings. The summed E-state index contributed by atoms with van der Waals surface area (Å²) in [6.45, 7) is 1.91. The zero-order valence-corrected chi connectivity index (χ0v) is 14.3. The van der Waals surface area contributed by atoms with Gasteiger partial charge in [-0.25, -0.2) is 9.97 Å². The lowest BCUT2D eigenvalue weighted by atomic mass is 10.1. The van der Waals surface area contributed by atoms with Gasteiger partial charge in [-0.2, -0.15) is 0 Å². The Bertz CT molecular complexity index is 786. The number of fused-ring (bicyclic) bond motifs is 1. The van der Waals surface area contributed by atoms with E-state index in [4.69, 9.17) is 0 Å². The highest BCUT2D eigenvalue weighted by Gasteiger charge is 2.18. The Morgan fingerprint density at radius 3 is 2.76 bits per heavy atom. The van der Waals surface area contributed by atoms with Crippen LogP contribution in [-0.2, 0) is 0 Å². The van der Waals surface area contributed by atoms with Crippen molar-refractivity contribution in [3.05, 3.63) is 52.1 Å². The lowest BCUT2D eigenvalue weighted by Crippen LogP contribution is -2.13. The Labute approximate surface area is 138 Å². The van der Waals surface area contributed by atoms with Crippen LogP contribution in [0.5, 0.6) is 0 Å². The maximum atomic E-state index is 12.5. The van der Waals surface area contributed by atoms with E-state index in [1.807, 2.05) is 42.6 Å². The first kappa shape index (κ1) is 14.7. The van der Waals surface area contributed by atoms with Crippen LogP contribution in [0.2, 0.25) is 0 Å². The SMILES string of the molecule is CC(Sc1ncnc2sccc12)C(=O)c1ccc(Br)cc1. The lowest BCUT2D eigenvalue weighted by molar-refractivity contribution is 0.0994. The number of hydrogen-bond acceptors (Lipinski definition) is 5. The highest BCUT2D eigenvalue weighted by atomic mass is 79.9. The van der Waals surface area contributed by atoms with Gasteiger partial charge >= 0.3 is 0 Å². The van der Waals surface area contributed by atoms with Crippen LogP contribution >= 0.6 is 39.0 Å². The van der Waals surface area contributed by atoms with E-state index in [-0.39, 0.29) is 11.0 Å². The molecule has 1 aromatic carbocycles. The van der Waals surface area contributed by atoms with Crippen molar-refractivity contribution in [2.45, 2.75) is 17.2 Å². The summed E-state index contributed by atoms with van der Waals surface area (Å²) in [5.74, 6) is 0.106. The van der Waals surface area contributed by atoms with Gasteiger partial charge in [0.1, 0.15) is 16.2 Å². The second-order valence-electron chi connectivity index (χ2n) is 4.45. The van der Waals surface area contributed by atoms with Crippen molar-refractivity contribution in [3.8, 4) is 0 Å². The standard InChI is InChI=1S/C15H11BrN2OS2/c1-9(13(19)10-2-4-11(16)5-3-10)21-15-12-6-7-20-14(12)17-8-18-15/h2-9H,1H3. The Balaban J connectivity index is 1.82. The van der Waals surface area contributed by atoms with E-state index in [1.54, 1.807) is 17.7 Å². The maximum Gasteiger partial charge on any atom is 0.175 e. The molecule has 0 radical (unpaired) electrons. The molecule has 0 saturated heterocycles. The smallest absolute Gasteiger partial charge is 0.175 e. The predicted molar refractivity (Wildman–Crippen MR) is 91.2 cm³/mol. The molecule has 2 aromatic heterocycles. The van der Waals surface area contributed by atoms with E-state index in [9.17, 15) is 4.79 Å². The molecule has 0 spiro atoms. The third-order valence-electron chi connectivity index (χ3n) is 3.01. The van der Waals surface area contributed by atoms with E-state index in [0.717, 1.165) is 19.7 Å². The average Bonchev–Trinajstić information content (AvgIpc) is 2.97. The molecule has 0 aliphatic carbocycles. The number of thiophene rings is 1. The molecule has 0 bridgehead atoms. The highest BCUT2D eigenvalue weighted by molar-refractivity contribution is 9.10. The summed E-state index contributed by atoms with van der Waals surface area (Å²) >= 11 is 6.44. The van der Waals surface area contributed by atoms with Crippen LogP contribution in [0.15, 0.2) is 51.5 Å². The van der Waals surface area contributed by atoms with Crippen LogP contribution in [0.4, 0.5) is 0 Å². The number of benzene rings is 1. The molecular weight excluding hydrogens is 368 g/mol. The number of carbonyl (C=O) groups excluding carboxylic acids is 1. The summed E-state index contributed by atoms with van der Waals surface area (Å²) in [5.41, 5.74) is 0.716. The molecular formula is C15H11BrN2OS2. The van der Waals surface area contributed by atoms with Crippen molar-refractivity contribution in [1.29, 1.82) is 0 Å². The van der Waals surface area contributed by atoms with Gasteiger partial charge in [-0.15, -0.1) is 11.3 Å². The summed E-state index contributed by atoms with van der Waals surface area (Å²) in [6.07, 6.45) is 1.55. The highest BCUT2D eigenvalue weighted by Crippen LogP contribution is 2.31. The van der Waals surface area contributed by atoms with Gasteiger partial charge in [0.2, 0.25) is 0 Å². The van der Waals surface area contributed by atoms with E-state index in [0.29, 0.717) is 5.56 Å². The van der Waals surface area contributed by atoms with E-state index in [2.05, 4.69) is 25.9 Å². The van der Waals surface area contributed by atoms with Crippen molar-refractivity contribution >= 4 is 55.0 Å². The molecule has 0 amide bonds. The van der Waals surface area contributed by atoms with Gasteiger partial charge < -0.3 is 0 Å². The molecule has 0 aliphatic rings. The fraction of sp³-hybridized carbons (Fsp3) is 0.133. The van der Waals surface area contributed by atoms with Gasteiger partial charge in [0.15, 0.2) is 5.78 Å². The fourth-order valence-electron chi connectivity index (χ4n) is 1.93. The molecule has 0 saturated carbocycles. The molecule has 3 nitrogen and oxygen atoms in total. The molecule has 0 fully saturated rings. The van der Waals surface area contributed by atoms with Gasteiger partial charge in [0.25, 0.3) is 0 Å². The quantitative estimate of drug-likeness (QED) is 0.370. The number of rotatable bonds is 4. The molecule has 106 valence electrons. The number of carbonyl (C=O) groups is 1. The molecule has 3 rings (SSSR count). The summed E-state index contributed by atoms with van der Waals surface area (Å²) < 4.78 is 0.968. The second-order valence-corrected chi connectivity index (χ2v) is 7.59. The van der Waals surface area contributed by atoms with Crippen LogP contribution in [-0.4, -0.2) is 21.0 Å². The minimum Gasteiger partial charge on any atom is -0.293 e. The molecule has 0 aliphatic heterocycles. The van der Waals surface area contributed by atoms with Gasteiger partial charge in [-0.05, 0) is 30.5 Å². The van der Waals surface area contributed by atoms with Crippen molar-refractivity contribution < 1.29 is 4.79 Å². The summed E-state index contributed by atoms with van der Waals surface area (Å²) in [5, 5.41) is 3.68. The van der Waals surface area contributed by atoms with Gasteiger partial charge in [0, 0.05) is 15.4 Å². The third kappa shape index (κ3) is 3.17. The molecule has 21 heavy (non-hydrogen) atoms. The predicted octanol–water partition coefficient (Wildman–Crippen LogP) is 4.82. The zero-order chi connectivity index (χ0) is 14.8. The minimum absolute atomic E-state index is 0.106. The number of halogens is 1. The topological polar surface area (TPSA) is 42.9 Å². The zero-order valence-electron chi connectivity index (χ0n) is 11.1. The van der Waals surface area contributed by atoms with Crippen LogP contribution in [0.25, 0.3) is 10.2 Å². The van der Waals surface area contributed by atoms with Crippen molar-refractivity contribution in [1.82, 2.24) is 9.97 Å². The first-order valence-electron chi connectivity index (χ1n) is 6.30. The maximum absolute atomic E-state index is 12.5. The lowest BCUT2D eigenvalue weighted by Gasteiger charge is -2.10. The number of aromatic nitrogens is 2. The Morgan fingerprint density at radius 1 is 1.24 bits per heavy atom. The van der Waals surface area contributed by atoms with Crippen molar-refractivity contribution in [3.63, 3.8) is 0 Å². The van der Waals surface area contributed by atoms with E-state index < -0.39 is 0 Å². The van der Waals surface area contributed by atoms with Gasteiger partial charge in [0.05, 0.1) is 5.25 Å². The summed E-state index contributed by atoms with van der Waals surface area (Å²) in [4.78, 5) is 21.9. The second kappa shape index (κ2) is 6.25. The molecule has 6 heteroatoms. The van der Waals surface area contributed by atoms with Gasteiger partial charge in [-0.3, -0.25) is 4.79 Å². The van der Waals surface area contributed by atoms with Crippen molar-refractivity contribution in [2.24, 2.45) is 0 Å². The average molecular weight is 379 g/mol. The number of Topliss-reactive ketones (excluding diaryl/α,β-unsaturated/α-hetero) is 1. The fourth-order valence-corrected chi connectivity index (χ4v) is 3.97. The van der Waals surface area contributed by atoms with Crippen molar-refractivity contribution in [2.75, 3.05) is 0 Å². The van der Waals surface area contributed by atoms with Crippen LogP contribution < -0.4 is 0 Å². The van der Waals surface area contributed by atoms with Gasteiger partial charge in [-0.1, -0.05) is 39.8 Å². The monoisotopic (exact) mass is 378 g/mol. The van der Waals surface area contributed by atoms with Crippen LogP contribution in [0.3, 0.4) is 0 Å². The summed E-state index contributed by atoms with van der Waals surface area (Å²) in [6, 6.07) is 9.44. The molecule has 1 atom stereocenters. The Hall–Kier alpha value is -1.24. The molecule has 2 heterocycles. The third-order valence-corrected chi connectivity index (χ3v) is 5.48. The normalized spacial score (nSPS) is 12.5. The van der Waals surface area contributed by atoms with E-state index in [1.165, 1.54) is 11.8 Å². The first-order valence-corrected chi connectivity index (χ1v) is 8.85. The number of hydrogen-bond donors (Lipinski definition) is 0. The molecule has 1 unspecified atom stereocenters. The largest absolute Gasteiger partial charge is 0.293 e.